The number of methoxy groups -OCH3 is 1. The van der Waals surface area contributed by atoms with Crippen LogP contribution in [0.3, 0.4) is 0 Å². The van der Waals surface area contributed by atoms with Crippen molar-refractivity contribution in [2.45, 2.75) is 13.8 Å². The first kappa shape index (κ1) is 16.3. The molecule has 0 aliphatic carbocycles. The van der Waals surface area contributed by atoms with Gasteiger partial charge in [-0.3, -0.25) is 0 Å². The lowest BCUT2D eigenvalue weighted by Crippen LogP contribution is -2.11. The Hall–Kier alpha value is -3.60. The maximum atomic E-state index is 12.2. The Balaban J connectivity index is 2.23. The van der Waals surface area contributed by atoms with Crippen molar-refractivity contribution < 1.29 is 13.9 Å². The number of ether oxygens (including phenoxy) is 1. The van der Waals surface area contributed by atoms with E-state index < -0.39 is 5.97 Å². The third kappa shape index (κ3) is 2.72. The van der Waals surface area contributed by atoms with E-state index in [0.717, 1.165) is 5.56 Å². The number of nitrogen functional groups attached to an aromatic ring is 1. The molecule has 2 aromatic heterocycles. The van der Waals surface area contributed by atoms with Gasteiger partial charge >= 0.3 is 5.97 Å². The average molecular weight is 337 g/mol. The van der Waals surface area contributed by atoms with Gasteiger partial charge in [-0.05, 0) is 24.6 Å². The molecule has 0 aliphatic rings. The summed E-state index contributed by atoms with van der Waals surface area (Å²) in [5, 5.41) is 17.0. The Morgan fingerprint density at radius 2 is 2.12 bits per heavy atom. The number of aryl methyl sites for hydroxylation is 2. The van der Waals surface area contributed by atoms with E-state index in [2.05, 4.69) is 10.2 Å². The first-order valence-corrected chi connectivity index (χ1v) is 7.37. The molecule has 0 bridgehead atoms. The summed E-state index contributed by atoms with van der Waals surface area (Å²) >= 11 is 0. The summed E-state index contributed by atoms with van der Waals surface area (Å²) in [6.45, 7) is 3.58. The van der Waals surface area contributed by atoms with Crippen LogP contribution in [0.25, 0.3) is 17.1 Å². The van der Waals surface area contributed by atoms with Gasteiger partial charge in [0.2, 0.25) is 11.8 Å². The molecule has 0 amide bonds. The molecule has 2 heterocycles. The van der Waals surface area contributed by atoms with E-state index in [0.29, 0.717) is 23.0 Å². The molecule has 8 nitrogen and oxygen atoms in total. The van der Waals surface area contributed by atoms with Crippen LogP contribution < -0.4 is 5.73 Å². The van der Waals surface area contributed by atoms with Gasteiger partial charge in [-0.2, -0.15) is 5.26 Å². The molecule has 0 saturated carbocycles. The van der Waals surface area contributed by atoms with Gasteiger partial charge in [-0.15, -0.1) is 10.2 Å². The van der Waals surface area contributed by atoms with E-state index in [9.17, 15) is 10.1 Å². The van der Waals surface area contributed by atoms with E-state index in [1.54, 1.807) is 17.6 Å². The van der Waals surface area contributed by atoms with Gasteiger partial charge < -0.3 is 19.5 Å². The maximum Gasteiger partial charge on any atom is 0.357 e. The highest BCUT2D eigenvalue weighted by molar-refractivity contribution is 5.96. The zero-order valence-electron chi connectivity index (χ0n) is 13.9. The highest BCUT2D eigenvalue weighted by atomic mass is 16.5. The fourth-order valence-electron chi connectivity index (χ4n) is 2.52. The standard InChI is InChI=1S/C17H15N5O3/c1-9-4-5-11(16-21-20-10(2)25-16)6-13(9)22-8-12(7-18)14(19)15(22)17(23)24-3/h4-6,8H,19H2,1-3H3. The van der Waals surface area contributed by atoms with Crippen LogP contribution in [-0.4, -0.2) is 27.8 Å². The third-order valence-electron chi connectivity index (χ3n) is 3.79. The molecule has 0 radical (unpaired) electrons. The van der Waals surface area contributed by atoms with Gasteiger partial charge in [-0.25, -0.2) is 4.79 Å². The molecule has 25 heavy (non-hydrogen) atoms. The summed E-state index contributed by atoms with van der Waals surface area (Å²) in [6, 6.07) is 7.46. The highest BCUT2D eigenvalue weighted by Gasteiger charge is 2.23. The smallest absolute Gasteiger partial charge is 0.357 e. The van der Waals surface area contributed by atoms with Crippen molar-refractivity contribution in [1.82, 2.24) is 14.8 Å². The number of anilines is 1. The summed E-state index contributed by atoms with van der Waals surface area (Å²) < 4.78 is 11.8. The molecule has 3 aromatic rings. The summed E-state index contributed by atoms with van der Waals surface area (Å²) in [5.74, 6) is 0.181. The summed E-state index contributed by atoms with van der Waals surface area (Å²) in [7, 11) is 1.26. The van der Waals surface area contributed by atoms with Gasteiger partial charge in [0.1, 0.15) is 6.07 Å². The van der Waals surface area contributed by atoms with Crippen molar-refractivity contribution >= 4 is 11.7 Å². The number of nitrogens with zero attached hydrogens (tertiary/aromatic N) is 4. The van der Waals surface area contributed by atoms with Crippen molar-refractivity contribution in [1.29, 1.82) is 5.26 Å². The fourth-order valence-corrected chi connectivity index (χ4v) is 2.52. The molecular formula is C17H15N5O3. The zero-order valence-corrected chi connectivity index (χ0v) is 13.9. The number of esters is 1. The summed E-state index contributed by atoms with van der Waals surface area (Å²) in [5.41, 5.74) is 8.52. The van der Waals surface area contributed by atoms with Gasteiger partial charge in [0, 0.05) is 24.4 Å². The molecule has 0 saturated heterocycles. The molecule has 2 N–H and O–H groups in total. The Bertz CT molecular complexity index is 1010. The van der Waals surface area contributed by atoms with Crippen molar-refractivity contribution in [3.05, 3.63) is 47.1 Å². The molecule has 0 fully saturated rings. The lowest BCUT2D eigenvalue weighted by atomic mass is 10.1. The average Bonchev–Trinajstić information content (AvgIpc) is 3.18. The molecule has 0 aliphatic heterocycles. The topological polar surface area (TPSA) is 120 Å². The molecule has 0 atom stereocenters. The maximum absolute atomic E-state index is 12.2. The first-order valence-electron chi connectivity index (χ1n) is 7.37. The second kappa shape index (κ2) is 6.13. The number of carbonyl (C=O) groups excluding carboxylic acids is 1. The molecule has 8 heteroatoms. The lowest BCUT2D eigenvalue weighted by Gasteiger charge is -2.12. The Kier molecular flexibility index (Phi) is 3.99. The number of hydrogen-bond donors (Lipinski definition) is 1. The van der Waals surface area contributed by atoms with E-state index in [1.165, 1.54) is 13.3 Å². The number of carbonyl (C=O) groups is 1. The summed E-state index contributed by atoms with van der Waals surface area (Å²) in [6.07, 6.45) is 1.51. The largest absolute Gasteiger partial charge is 0.464 e. The fraction of sp³-hybridized carbons (Fsp3) is 0.176. The minimum absolute atomic E-state index is 0.0767. The molecule has 0 spiro atoms. The molecule has 3 rings (SSSR count). The van der Waals surface area contributed by atoms with E-state index >= 15 is 0 Å². The summed E-state index contributed by atoms with van der Waals surface area (Å²) in [4.78, 5) is 12.2. The highest BCUT2D eigenvalue weighted by Crippen LogP contribution is 2.29. The Labute approximate surface area is 143 Å². The van der Waals surface area contributed by atoms with Crippen molar-refractivity contribution in [3.63, 3.8) is 0 Å². The third-order valence-corrected chi connectivity index (χ3v) is 3.79. The van der Waals surface area contributed by atoms with Crippen LogP contribution in [0.5, 0.6) is 0 Å². The quantitative estimate of drug-likeness (QED) is 0.728. The predicted octanol–water partition coefficient (Wildman–Crippen LogP) is 2.38. The minimum atomic E-state index is -0.627. The minimum Gasteiger partial charge on any atom is -0.464 e. The number of nitrogens with two attached hydrogens (primary N) is 1. The number of nitriles is 1. The predicted molar refractivity (Wildman–Crippen MR) is 89.0 cm³/mol. The lowest BCUT2D eigenvalue weighted by molar-refractivity contribution is 0.0593. The number of rotatable bonds is 3. The molecular weight excluding hydrogens is 322 g/mol. The monoisotopic (exact) mass is 337 g/mol. The first-order chi connectivity index (χ1) is 12.0. The second-order valence-corrected chi connectivity index (χ2v) is 5.41. The number of aromatic nitrogens is 3. The van der Waals surface area contributed by atoms with Crippen molar-refractivity contribution in [3.8, 4) is 23.2 Å². The van der Waals surface area contributed by atoms with Gasteiger partial charge in [0.15, 0.2) is 5.69 Å². The molecule has 1 aromatic carbocycles. The van der Waals surface area contributed by atoms with Crippen molar-refractivity contribution in [2.24, 2.45) is 0 Å². The van der Waals surface area contributed by atoms with E-state index in [1.807, 2.05) is 25.1 Å². The van der Waals surface area contributed by atoms with Crippen LogP contribution >= 0.6 is 0 Å². The van der Waals surface area contributed by atoms with Crippen molar-refractivity contribution in [2.75, 3.05) is 12.8 Å². The van der Waals surface area contributed by atoms with Crippen LogP contribution in [0.2, 0.25) is 0 Å². The van der Waals surface area contributed by atoms with E-state index in [4.69, 9.17) is 14.9 Å². The van der Waals surface area contributed by atoms with Gasteiger partial charge in [-0.1, -0.05) is 6.07 Å². The van der Waals surface area contributed by atoms with Crippen LogP contribution in [0.1, 0.15) is 27.5 Å². The van der Waals surface area contributed by atoms with Crippen LogP contribution in [0.15, 0.2) is 28.8 Å². The zero-order chi connectivity index (χ0) is 18.1. The molecule has 0 unspecified atom stereocenters. The second-order valence-electron chi connectivity index (χ2n) is 5.41. The Morgan fingerprint density at radius 1 is 1.36 bits per heavy atom. The van der Waals surface area contributed by atoms with Gasteiger partial charge in [0.05, 0.1) is 18.4 Å². The normalized spacial score (nSPS) is 10.5. The van der Waals surface area contributed by atoms with Gasteiger partial charge in [0.25, 0.3) is 0 Å². The SMILES string of the molecule is COC(=O)c1c(N)c(C#N)cn1-c1cc(-c2nnc(C)o2)ccc1C. The number of benzene rings is 1. The van der Waals surface area contributed by atoms with E-state index in [-0.39, 0.29) is 16.9 Å². The van der Waals surface area contributed by atoms with Crippen LogP contribution in [0, 0.1) is 25.2 Å². The molecule has 126 valence electrons. The van der Waals surface area contributed by atoms with Crippen LogP contribution in [0.4, 0.5) is 5.69 Å². The van der Waals surface area contributed by atoms with Crippen LogP contribution in [-0.2, 0) is 4.74 Å². The number of hydrogen-bond acceptors (Lipinski definition) is 7. The Morgan fingerprint density at radius 3 is 2.72 bits per heavy atom.